The number of carbonyl (C=O) groups excluding carboxylic acids is 3. The van der Waals surface area contributed by atoms with E-state index in [1.165, 1.54) is 20.8 Å². The Labute approximate surface area is 116 Å². The largest absolute Gasteiger partial charge is 0.460 e. The summed E-state index contributed by atoms with van der Waals surface area (Å²) in [6.45, 7) is 5.26. The van der Waals surface area contributed by atoms with E-state index in [1.807, 2.05) is 0 Å². The standard InChI is InChI=1S/C12H19NO7/c1-5(18-7(3)15)10-9(13-6(2)14)11(12(17)20-10)19-8(4)16/h5,9-12,17H,1-4H3,(H,13,14)/t5-,9+,10+,11+,12-/m0/s1. The summed E-state index contributed by atoms with van der Waals surface area (Å²) in [4.78, 5) is 33.2. The molecule has 1 amide bonds. The van der Waals surface area contributed by atoms with Crippen LogP contribution in [-0.4, -0.2) is 53.6 Å². The zero-order chi connectivity index (χ0) is 15.4. The van der Waals surface area contributed by atoms with Crippen molar-refractivity contribution in [3.63, 3.8) is 0 Å². The fraction of sp³-hybridized carbons (Fsp3) is 0.750. The van der Waals surface area contributed by atoms with Gasteiger partial charge in [-0.2, -0.15) is 0 Å². The lowest BCUT2D eigenvalue weighted by atomic mass is 10.0. The molecule has 0 unspecified atom stereocenters. The molecule has 0 aromatic heterocycles. The lowest BCUT2D eigenvalue weighted by Gasteiger charge is -2.26. The van der Waals surface area contributed by atoms with Gasteiger partial charge in [0.15, 0.2) is 12.4 Å². The Morgan fingerprint density at radius 1 is 1.20 bits per heavy atom. The van der Waals surface area contributed by atoms with E-state index in [0.717, 1.165) is 0 Å². The Kier molecular flexibility index (Phi) is 5.46. The Morgan fingerprint density at radius 3 is 2.25 bits per heavy atom. The van der Waals surface area contributed by atoms with E-state index in [2.05, 4.69) is 5.32 Å². The smallest absolute Gasteiger partial charge is 0.303 e. The van der Waals surface area contributed by atoms with Crippen LogP contribution in [0.15, 0.2) is 0 Å². The molecule has 20 heavy (non-hydrogen) atoms. The number of nitrogens with one attached hydrogen (secondary N) is 1. The van der Waals surface area contributed by atoms with Crippen molar-refractivity contribution in [3.05, 3.63) is 0 Å². The maximum Gasteiger partial charge on any atom is 0.303 e. The van der Waals surface area contributed by atoms with Gasteiger partial charge in [0.2, 0.25) is 5.91 Å². The zero-order valence-corrected chi connectivity index (χ0v) is 11.8. The lowest BCUT2D eigenvalue weighted by Crippen LogP contribution is -2.51. The van der Waals surface area contributed by atoms with Crippen LogP contribution in [0.5, 0.6) is 0 Å². The van der Waals surface area contributed by atoms with Crippen LogP contribution in [-0.2, 0) is 28.6 Å². The number of hydrogen-bond donors (Lipinski definition) is 2. The van der Waals surface area contributed by atoms with Crippen molar-refractivity contribution in [1.82, 2.24) is 5.32 Å². The van der Waals surface area contributed by atoms with Gasteiger partial charge >= 0.3 is 11.9 Å². The van der Waals surface area contributed by atoms with Gasteiger partial charge in [0.25, 0.3) is 0 Å². The van der Waals surface area contributed by atoms with E-state index in [1.54, 1.807) is 6.92 Å². The second-order valence-corrected chi connectivity index (χ2v) is 4.61. The number of ether oxygens (including phenoxy) is 3. The molecule has 0 saturated carbocycles. The van der Waals surface area contributed by atoms with Crippen LogP contribution in [0, 0.1) is 0 Å². The Balaban J connectivity index is 2.89. The summed E-state index contributed by atoms with van der Waals surface area (Å²) in [6, 6.07) is -0.805. The number of esters is 2. The van der Waals surface area contributed by atoms with Gasteiger partial charge in [-0.1, -0.05) is 0 Å². The predicted molar refractivity (Wildman–Crippen MR) is 65.3 cm³/mol. The highest BCUT2D eigenvalue weighted by Crippen LogP contribution is 2.26. The SMILES string of the molecule is CC(=O)N[C@H]1[C@@H](OC(C)=O)[C@@H](O)O[C@@H]1[C@H](C)OC(C)=O. The average Bonchev–Trinajstić information content (AvgIpc) is 2.55. The lowest BCUT2D eigenvalue weighted by molar-refractivity contribution is -0.176. The molecule has 0 spiro atoms. The number of aliphatic hydroxyl groups excluding tert-OH is 1. The maximum absolute atomic E-state index is 11.2. The molecule has 5 atom stereocenters. The summed E-state index contributed by atoms with van der Waals surface area (Å²) < 4.78 is 15.2. The first-order chi connectivity index (χ1) is 9.22. The molecule has 8 heteroatoms. The van der Waals surface area contributed by atoms with Crippen molar-refractivity contribution < 1.29 is 33.7 Å². The third-order valence-electron chi connectivity index (χ3n) is 2.77. The zero-order valence-electron chi connectivity index (χ0n) is 11.8. The van der Waals surface area contributed by atoms with Crippen LogP contribution >= 0.6 is 0 Å². The number of aliphatic hydroxyl groups is 1. The molecule has 0 aromatic carbocycles. The molecule has 1 fully saturated rings. The van der Waals surface area contributed by atoms with Crippen LogP contribution in [0.2, 0.25) is 0 Å². The number of hydrogen-bond acceptors (Lipinski definition) is 7. The molecule has 1 heterocycles. The first-order valence-electron chi connectivity index (χ1n) is 6.17. The molecule has 8 nitrogen and oxygen atoms in total. The van der Waals surface area contributed by atoms with Gasteiger partial charge in [0, 0.05) is 20.8 Å². The quantitative estimate of drug-likeness (QED) is 0.644. The monoisotopic (exact) mass is 289 g/mol. The minimum atomic E-state index is -1.40. The minimum absolute atomic E-state index is 0.384. The molecule has 1 rings (SSSR count). The molecule has 1 aliphatic rings. The second-order valence-electron chi connectivity index (χ2n) is 4.61. The van der Waals surface area contributed by atoms with Crippen molar-refractivity contribution in [2.24, 2.45) is 0 Å². The van der Waals surface area contributed by atoms with Crippen molar-refractivity contribution in [2.75, 3.05) is 0 Å². The highest BCUT2D eigenvalue weighted by Gasteiger charge is 2.49. The molecule has 0 radical (unpaired) electrons. The van der Waals surface area contributed by atoms with Gasteiger partial charge in [-0.05, 0) is 6.92 Å². The van der Waals surface area contributed by atoms with Gasteiger partial charge in [0.05, 0.1) is 0 Å². The van der Waals surface area contributed by atoms with Gasteiger partial charge in [-0.15, -0.1) is 0 Å². The van der Waals surface area contributed by atoms with Crippen molar-refractivity contribution in [3.8, 4) is 0 Å². The molecule has 0 aliphatic carbocycles. The Morgan fingerprint density at radius 2 is 1.80 bits per heavy atom. The summed E-state index contributed by atoms with van der Waals surface area (Å²) in [6.07, 6.45) is -4.00. The molecule has 1 saturated heterocycles. The summed E-state index contributed by atoms with van der Waals surface area (Å²) in [5.41, 5.74) is 0. The Bertz CT molecular complexity index is 397. The fourth-order valence-electron chi connectivity index (χ4n) is 2.14. The first-order valence-corrected chi connectivity index (χ1v) is 6.17. The van der Waals surface area contributed by atoms with E-state index in [9.17, 15) is 19.5 Å². The highest BCUT2D eigenvalue weighted by molar-refractivity contribution is 5.73. The average molecular weight is 289 g/mol. The molecule has 2 N–H and O–H groups in total. The van der Waals surface area contributed by atoms with Crippen molar-refractivity contribution in [2.45, 2.75) is 58.3 Å². The number of carbonyl (C=O) groups is 3. The summed E-state index contributed by atoms with van der Waals surface area (Å²) in [7, 11) is 0. The third-order valence-corrected chi connectivity index (χ3v) is 2.77. The van der Waals surface area contributed by atoms with E-state index in [4.69, 9.17) is 14.2 Å². The number of rotatable bonds is 4. The molecule has 0 bridgehead atoms. The van der Waals surface area contributed by atoms with E-state index < -0.39 is 42.6 Å². The fourth-order valence-corrected chi connectivity index (χ4v) is 2.14. The molecular weight excluding hydrogens is 270 g/mol. The Hall–Kier alpha value is -1.67. The van der Waals surface area contributed by atoms with Crippen LogP contribution in [0.3, 0.4) is 0 Å². The van der Waals surface area contributed by atoms with Gasteiger partial charge in [0.1, 0.15) is 18.2 Å². The molecular formula is C12H19NO7. The summed E-state index contributed by atoms with van der Waals surface area (Å²) in [5, 5.41) is 12.3. The second kappa shape index (κ2) is 6.67. The van der Waals surface area contributed by atoms with Crippen molar-refractivity contribution in [1.29, 1.82) is 0 Å². The van der Waals surface area contributed by atoms with Crippen LogP contribution in [0.1, 0.15) is 27.7 Å². The predicted octanol–water partition coefficient (Wildman–Crippen LogP) is -0.908. The minimum Gasteiger partial charge on any atom is -0.460 e. The van der Waals surface area contributed by atoms with Crippen LogP contribution in [0.25, 0.3) is 0 Å². The summed E-state index contributed by atoms with van der Waals surface area (Å²) in [5.74, 6) is -1.52. The van der Waals surface area contributed by atoms with Gasteiger partial charge in [-0.25, -0.2) is 0 Å². The van der Waals surface area contributed by atoms with E-state index in [0.29, 0.717) is 0 Å². The first kappa shape index (κ1) is 16.4. The molecule has 114 valence electrons. The van der Waals surface area contributed by atoms with Gasteiger partial charge in [-0.3, -0.25) is 14.4 Å². The topological polar surface area (TPSA) is 111 Å². The molecule has 1 aliphatic heterocycles. The van der Waals surface area contributed by atoms with Crippen molar-refractivity contribution >= 4 is 17.8 Å². The normalized spacial score (nSPS) is 30.4. The highest BCUT2D eigenvalue weighted by atomic mass is 16.7. The van der Waals surface area contributed by atoms with Crippen LogP contribution < -0.4 is 5.32 Å². The molecule has 0 aromatic rings. The van der Waals surface area contributed by atoms with Crippen LogP contribution in [0.4, 0.5) is 0 Å². The third kappa shape index (κ3) is 4.17. The van der Waals surface area contributed by atoms with Gasteiger partial charge < -0.3 is 24.6 Å². The van der Waals surface area contributed by atoms with E-state index >= 15 is 0 Å². The maximum atomic E-state index is 11.2. The summed E-state index contributed by atoms with van der Waals surface area (Å²) >= 11 is 0. The number of amides is 1. The van der Waals surface area contributed by atoms with E-state index in [-0.39, 0.29) is 5.91 Å².